The molecule has 2 aromatic rings. The van der Waals surface area contributed by atoms with Crippen LogP contribution in [0.3, 0.4) is 0 Å². The summed E-state index contributed by atoms with van der Waals surface area (Å²) in [4.78, 5) is 25.5. The Morgan fingerprint density at radius 2 is 1.96 bits per heavy atom. The number of nitrogens with zero attached hydrogens (tertiary/aromatic N) is 1. The van der Waals surface area contributed by atoms with Gasteiger partial charge in [-0.05, 0) is 48.9 Å². The maximum atomic E-state index is 12.4. The maximum absolute atomic E-state index is 12.4. The lowest BCUT2D eigenvalue weighted by atomic mass is 10.1. The van der Waals surface area contributed by atoms with E-state index in [1.54, 1.807) is 31.4 Å². The minimum Gasteiger partial charge on any atom is -0.495 e. The Bertz CT molecular complexity index is 771. The normalized spacial score (nSPS) is 13.6. The molecule has 0 bridgehead atoms. The first kappa shape index (κ1) is 15.9. The molecule has 0 unspecified atom stereocenters. The van der Waals surface area contributed by atoms with Crippen LogP contribution in [0.25, 0.3) is 0 Å². The Hall–Kier alpha value is -3.02. The summed E-state index contributed by atoms with van der Waals surface area (Å²) >= 11 is 0. The molecule has 6 nitrogen and oxygen atoms in total. The van der Waals surface area contributed by atoms with Crippen molar-refractivity contribution in [2.75, 3.05) is 30.5 Å². The number of ether oxygens (including phenoxy) is 2. The molecule has 2 amide bonds. The molecule has 24 heavy (non-hydrogen) atoms. The van der Waals surface area contributed by atoms with Crippen molar-refractivity contribution < 1.29 is 19.1 Å². The van der Waals surface area contributed by atoms with Gasteiger partial charge >= 0.3 is 6.09 Å². The highest BCUT2D eigenvalue weighted by Gasteiger charge is 2.23. The van der Waals surface area contributed by atoms with E-state index < -0.39 is 0 Å². The largest absolute Gasteiger partial charge is 0.495 e. The summed E-state index contributed by atoms with van der Waals surface area (Å²) in [5.74, 6) is 0.361. The molecule has 0 aromatic heterocycles. The fraction of sp³-hybridized carbons (Fsp3) is 0.222. The third-order valence-electron chi connectivity index (χ3n) is 3.81. The Balaban J connectivity index is 1.76. The fourth-order valence-corrected chi connectivity index (χ4v) is 2.53. The lowest BCUT2D eigenvalue weighted by molar-refractivity contribution is 0.102. The molecule has 0 spiro atoms. The van der Waals surface area contributed by atoms with Crippen LogP contribution in [0.1, 0.15) is 15.9 Å². The topological polar surface area (TPSA) is 67.9 Å². The van der Waals surface area contributed by atoms with Gasteiger partial charge in [0.05, 0.1) is 19.3 Å². The van der Waals surface area contributed by atoms with E-state index in [1.807, 2.05) is 25.1 Å². The molecule has 1 saturated heterocycles. The molecule has 1 heterocycles. The van der Waals surface area contributed by atoms with Gasteiger partial charge in [0.2, 0.25) is 0 Å². The minimum atomic E-state index is -0.364. The van der Waals surface area contributed by atoms with Crippen LogP contribution in [0.4, 0.5) is 16.2 Å². The highest BCUT2D eigenvalue weighted by molar-refractivity contribution is 6.05. The Kier molecular flexibility index (Phi) is 4.37. The van der Waals surface area contributed by atoms with Gasteiger partial charge in [-0.2, -0.15) is 0 Å². The van der Waals surface area contributed by atoms with E-state index in [2.05, 4.69) is 5.32 Å². The second kappa shape index (κ2) is 6.62. The average Bonchev–Trinajstić information content (AvgIpc) is 3.01. The molecule has 3 rings (SSSR count). The SMILES string of the molecule is COc1ccc(C)cc1NC(=O)c1ccc(N2CCOC2=O)cc1. The fourth-order valence-electron chi connectivity index (χ4n) is 2.53. The quantitative estimate of drug-likeness (QED) is 0.937. The van der Waals surface area contributed by atoms with Crippen molar-refractivity contribution in [1.82, 2.24) is 0 Å². The molecule has 6 heteroatoms. The van der Waals surface area contributed by atoms with Gasteiger partial charge < -0.3 is 14.8 Å². The van der Waals surface area contributed by atoms with Crippen LogP contribution in [0, 0.1) is 6.92 Å². The molecule has 1 aliphatic rings. The van der Waals surface area contributed by atoms with Gasteiger partial charge in [-0.15, -0.1) is 0 Å². The predicted molar refractivity (Wildman–Crippen MR) is 90.8 cm³/mol. The van der Waals surface area contributed by atoms with Gasteiger partial charge in [-0.3, -0.25) is 9.69 Å². The minimum absolute atomic E-state index is 0.241. The molecular weight excluding hydrogens is 308 g/mol. The number of benzene rings is 2. The number of aryl methyl sites for hydroxylation is 1. The van der Waals surface area contributed by atoms with Crippen LogP contribution in [-0.4, -0.2) is 32.3 Å². The summed E-state index contributed by atoms with van der Waals surface area (Å²) in [6.07, 6.45) is -0.364. The summed E-state index contributed by atoms with van der Waals surface area (Å²) in [6, 6.07) is 12.4. The van der Waals surface area contributed by atoms with Crippen molar-refractivity contribution in [3.63, 3.8) is 0 Å². The molecule has 2 aromatic carbocycles. The van der Waals surface area contributed by atoms with Crippen LogP contribution < -0.4 is 15.0 Å². The summed E-state index contributed by atoms with van der Waals surface area (Å²) in [5, 5.41) is 2.85. The van der Waals surface area contributed by atoms with Crippen molar-refractivity contribution in [1.29, 1.82) is 0 Å². The lowest BCUT2D eigenvalue weighted by Crippen LogP contribution is -2.23. The second-order valence-corrected chi connectivity index (χ2v) is 5.47. The van der Waals surface area contributed by atoms with Crippen molar-refractivity contribution in [2.24, 2.45) is 0 Å². The smallest absolute Gasteiger partial charge is 0.414 e. The van der Waals surface area contributed by atoms with E-state index in [0.29, 0.717) is 35.8 Å². The monoisotopic (exact) mass is 326 g/mol. The first-order chi connectivity index (χ1) is 11.6. The average molecular weight is 326 g/mol. The van der Waals surface area contributed by atoms with E-state index >= 15 is 0 Å². The third kappa shape index (κ3) is 3.17. The van der Waals surface area contributed by atoms with Crippen molar-refractivity contribution in [3.8, 4) is 5.75 Å². The maximum Gasteiger partial charge on any atom is 0.414 e. The molecule has 1 N–H and O–H groups in total. The number of rotatable bonds is 4. The number of carbonyl (C=O) groups is 2. The Morgan fingerprint density at radius 3 is 2.58 bits per heavy atom. The van der Waals surface area contributed by atoms with Crippen LogP contribution in [-0.2, 0) is 4.74 Å². The molecule has 0 saturated carbocycles. The van der Waals surface area contributed by atoms with Gasteiger partial charge in [0.25, 0.3) is 5.91 Å². The number of nitrogens with one attached hydrogen (secondary N) is 1. The number of cyclic esters (lactones) is 1. The van der Waals surface area contributed by atoms with E-state index in [1.165, 1.54) is 4.90 Å². The van der Waals surface area contributed by atoms with Crippen molar-refractivity contribution >= 4 is 23.4 Å². The summed E-state index contributed by atoms with van der Waals surface area (Å²) in [5.41, 5.74) is 2.85. The van der Waals surface area contributed by atoms with Crippen LogP contribution >= 0.6 is 0 Å². The van der Waals surface area contributed by atoms with Gasteiger partial charge in [0, 0.05) is 11.3 Å². The zero-order valence-electron chi connectivity index (χ0n) is 13.5. The van der Waals surface area contributed by atoms with Crippen LogP contribution in [0.2, 0.25) is 0 Å². The molecule has 0 radical (unpaired) electrons. The van der Waals surface area contributed by atoms with Gasteiger partial charge in [-0.25, -0.2) is 4.79 Å². The van der Waals surface area contributed by atoms with E-state index in [-0.39, 0.29) is 12.0 Å². The van der Waals surface area contributed by atoms with E-state index in [9.17, 15) is 9.59 Å². The number of anilines is 2. The van der Waals surface area contributed by atoms with Gasteiger partial charge in [0.15, 0.2) is 0 Å². The molecule has 124 valence electrons. The summed E-state index contributed by atoms with van der Waals surface area (Å²) in [7, 11) is 1.56. The van der Waals surface area contributed by atoms with Gasteiger partial charge in [-0.1, -0.05) is 6.07 Å². The standard InChI is InChI=1S/C18H18N2O4/c1-12-3-8-16(23-2)15(11-12)19-17(21)13-4-6-14(7-5-13)20-9-10-24-18(20)22/h3-8,11H,9-10H2,1-2H3,(H,19,21). The number of methoxy groups -OCH3 is 1. The molecular formula is C18H18N2O4. The Morgan fingerprint density at radius 1 is 1.21 bits per heavy atom. The number of hydrogen-bond acceptors (Lipinski definition) is 4. The lowest BCUT2D eigenvalue weighted by Gasteiger charge is -2.14. The highest BCUT2D eigenvalue weighted by Crippen LogP contribution is 2.26. The van der Waals surface area contributed by atoms with Crippen LogP contribution in [0.5, 0.6) is 5.75 Å². The van der Waals surface area contributed by atoms with E-state index in [4.69, 9.17) is 9.47 Å². The third-order valence-corrected chi connectivity index (χ3v) is 3.81. The number of hydrogen-bond donors (Lipinski definition) is 1. The van der Waals surface area contributed by atoms with Crippen LogP contribution in [0.15, 0.2) is 42.5 Å². The molecule has 0 atom stereocenters. The molecule has 1 fully saturated rings. The predicted octanol–water partition coefficient (Wildman–Crippen LogP) is 3.21. The zero-order chi connectivity index (χ0) is 17.1. The molecule has 1 aliphatic heterocycles. The van der Waals surface area contributed by atoms with E-state index in [0.717, 1.165) is 5.56 Å². The summed E-state index contributed by atoms with van der Waals surface area (Å²) < 4.78 is 10.2. The second-order valence-electron chi connectivity index (χ2n) is 5.47. The number of amides is 2. The zero-order valence-corrected chi connectivity index (χ0v) is 13.5. The Labute approximate surface area is 140 Å². The van der Waals surface area contributed by atoms with Crippen molar-refractivity contribution in [2.45, 2.75) is 6.92 Å². The van der Waals surface area contributed by atoms with Gasteiger partial charge in [0.1, 0.15) is 12.4 Å². The first-order valence-corrected chi connectivity index (χ1v) is 7.59. The molecule has 0 aliphatic carbocycles. The van der Waals surface area contributed by atoms with Crippen molar-refractivity contribution in [3.05, 3.63) is 53.6 Å². The summed E-state index contributed by atoms with van der Waals surface area (Å²) in [6.45, 7) is 2.85. The highest BCUT2D eigenvalue weighted by atomic mass is 16.6. The first-order valence-electron chi connectivity index (χ1n) is 7.59. The number of carbonyl (C=O) groups excluding carboxylic acids is 2.